The van der Waals surface area contributed by atoms with E-state index in [1.807, 2.05) is 45.0 Å². The third kappa shape index (κ3) is 6.86. The maximum Gasteiger partial charge on any atom is 0.335 e. The highest BCUT2D eigenvalue weighted by Crippen LogP contribution is 2.29. The van der Waals surface area contributed by atoms with Crippen molar-refractivity contribution in [1.29, 1.82) is 0 Å². The molecule has 0 aliphatic heterocycles. The van der Waals surface area contributed by atoms with E-state index in [9.17, 15) is 18.3 Å². The number of hydrogen-bond acceptors (Lipinski definition) is 4. The van der Waals surface area contributed by atoms with Crippen LogP contribution in [0.1, 0.15) is 61.0 Å². The van der Waals surface area contributed by atoms with Crippen LogP contribution >= 0.6 is 11.8 Å². The maximum atomic E-state index is 13.3. The van der Waals surface area contributed by atoms with Crippen LogP contribution in [0, 0.1) is 6.92 Å². The van der Waals surface area contributed by atoms with Crippen molar-refractivity contribution in [3.8, 4) is 0 Å². The molecule has 0 heterocycles. The quantitative estimate of drug-likeness (QED) is 0.428. The molecule has 0 fully saturated rings. The van der Waals surface area contributed by atoms with E-state index < -0.39 is 16.0 Å². The minimum absolute atomic E-state index is 0.00610. The van der Waals surface area contributed by atoms with Gasteiger partial charge in [-0.1, -0.05) is 56.5 Å². The molecular formula is C23H31NO4S2. The number of benzene rings is 2. The summed E-state index contributed by atoms with van der Waals surface area (Å²) >= 11 is 1.44. The predicted octanol–water partition coefficient (Wildman–Crippen LogP) is 5.58. The van der Waals surface area contributed by atoms with Gasteiger partial charge in [0.25, 0.3) is 0 Å². The fourth-order valence-electron chi connectivity index (χ4n) is 2.95. The number of rotatable bonds is 12. The van der Waals surface area contributed by atoms with Crippen molar-refractivity contribution in [3.05, 3.63) is 59.2 Å². The summed E-state index contributed by atoms with van der Waals surface area (Å²) < 4.78 is 28.1. The molecule has 5 nitrogen and oxygen atoms in total. The van der Waals surface area contributed by atoms with Crippen LogP contribution in [0.4, 0.5) is 0 Å². The molecule has 0 aliphatic rings. The van der Waals surface area contributed by atoms with Crippen LogP contribution in [0.5, 0.6) is 0 Å². The minimum atomic E-state index is -3.76. The molecule has 2 aromatic carbocycles. The summed E-state index contributed by atoms with van der Waals surface area (Å²) in [5.41, 5.74) is 2.26. The molecule has 0 aromatic heterocycles. The van der Waals surface area contributed by atoms with Gasteiger partial charge < -0.3 is 5.11 Å². The lowest BCUT2D eigenvalue weighted by Gasteiger charge is -2.22. The average molecular weight is 450 g/mol. The van der Waals surface area contributed by atoms with Gasteiger partial charge in [0.2, 0.25) is 10.0 Å². The first kappa shape index (κ1) is 24.4. The Balaban J connectivity index is 2.34. The third-order valence-corrected chi connectivity index (χ3v) is 7.74. The van der Waals surface area contributed by atoms with Crippen molar-refractivity contribution in [1.82, 2.24) is 4.31 Å². The van der Waals surface area contributed by atoms with E-state index in [0.717, 1.165) is 31.2 Å². The van der Waals surface area contributed by atoms with Crippen LogP contribution in [0.25, 0.3) is 0 Å². The standard InChI is InChI=1S/C23H31NO4S2/c1-4-6-12-24(13-7-5-2)30(27,28)22-15-20(23(25)26)14-21(16-22)29-17-19-10-8-18(3)9-11-19/h8-11,14-16H,4-7,12-13,17H2,1-3H3,(H,25,26). The molecule has 30 heavy (non-hydrogen) atoms. The van der Waals surface area contributed by atoms with Gasteiger partial charge in [0.15, 0.2) is 0 Å². The molecule has 0 saturated carbocycles. The van der Waals surface area contributed by atoms with Crippen molar-refractivity contribution in [2.45, 2.75) is 62.0 Å². The van der Waals surface area contributed by atoms with Gasteiger partial charge in [-0.25, -0.2) is 13.2 Å². The minimum Gasteiger partial charge on any atom is -0.478 e. The van der Waals surface area contributed by atoms with Crippen LogP contribution in [0.15, 0.2) is 52.3 Å². The van der Waals surface area contributed by atoms with E-state index in [0.29, 0.717) is 23.7 Å². The molecule has 7 heteroatoms. The summed E-state index contributed by atoms with van der Waals surface area (Å²) in [5.74, 6) is -0.490. The number of unbranched alkanes of at least 4 members (excludes halogenated alkanes) is 2. The molecule has 0 bridgehead atoms. The van der Waals surface area contributed by atoms with E-state index in [-0.39, 0.29) is 10.5 Å². The zero-order valence-electron chi connectivity index (χ0n) is 17.9. The number of thioether (sulfide) groups is 1. The molecule has 0 spiro atoms. The Hall–Kier alpha value is -1.83. The van der Waals surface area contributed by atoms with Crippen molar-refractivity contribution in [2.75, 3.05) is 13.1 Å². The van der Waals surface area contributed by atoms with Crippen LogP contribution in [-0.2, 0) is 15.8 Å². The van der Waals surface area contributed by atoms with Gasteiger partial charge in [0.1, 0.15) is 0 Å². The Kier molecular flexibility index (Phi) is 9.39. The predicted molar refractivity (Wildman–Crippen MR) is 123 cm³/mol. The molecule has 0 aliphatic carbocycles. The Bertz CT molecular complexity index is 932. The Morgan fingerprint density at radius 3 is 2.13 bits per heavy atom. The third-order valence-electron chi connectivity index (χ3n) is 4.81. The van der Waals surface area contributed by atoms with Gasteiger partial charge in [-0.15, -0.1) is 11.8 Å². The second kappa shape index (κ2) is 11.5. The molecule has 0 atom stereocenters. The number of aromatic carboxylic acids is 1. The molecule has 0 amide bonds. The highest BCUT2D eigenvalue weighted by molar-refractivity contribution is 7.98. The Labute approximate surface area is 184 Å². The number of hydrogen-bond donors (Lipinski definition) is 1. The summed E-state index contributed by atoms with van der Waals surface area (Å²) in [6.07, 6.45) is 3.34. The molecule has 0 radical (unpaired) electrons. The SMILES string of the molecule is CCCCN(CCCC)S(=O)(=O)c1cc(SCc2ccc(C)cc2)cc(C(=O)O)c1. The lowest BCUT2D eigenvalue weighted by molar-refractivity contribution is 0.0696. The smallest absolute Gasteiger partial charge is 0.335 e. The first-order valence-electron chi connectivity index (χ1n) is 10.3. The van der Waals surface area contributed by atoms with Gasteiger partial charge in [0.05, 0.1) is 10.5 Å². The second-order valence-corrected chi connectivity index (χ2v) is 10.4. The summed E-state index contributed by atoms with van der Waals surface area (Å²) in [6.45, 7) is 6.96. The molecular weight excluding hydrogens is 418 g/mol. The average Bonchev–Trinajstić information content (AvgIpc) is 2.73. The fraction of sp³-hybridized carbons (Fsp3) is 0.435. The molecule has 1 N–H and O–H groups in total. The maximum absolute atomic E-state index is 13.3. The van der Waals surface area contributed by atoms with E-state index in [2.05, 4.69) is 0 Å². The van der Waals surface area contributed by atoms with Gasteiger partial charge in [0, 0.05) is 23.7 Å². The largest absolute Gasteiger partial charge is 0.478 e. The molecule has 2 rings (SSSR count). The van der Waals surface area contributed by atoms with Crippen LogP contribution in [-0.4, -0.2) is 36.9 Å². The number of sulfonamides is 1. The lowest BCUT2D eigenvalue weighted by atomic mass is 10.2. The first-order valence-corrected chi connectivity index (χ1v) is 12.8. The topological polar surface area (TPSA) is 74.7 Å². The van der Waals surface area contributed by atoms with Gasteiger partial charge in [-0.2, -0.15) is 4.31 Å². The van der Waals surface area contributed by atoms with Crippen molar-refractivity contribution < 1.29 is 18.3 Å². The number of carboxylic acid groups (broad SMARTS) is 1. The molecule has 0 saturated heterocycles. The van der Waals surface area contributed by atoms with E-state index in [4.69, 9.17) is 0 Å². The highest BCUT2D eigenvalue weighted by Gasteiger charge is 2.25. The Morgan fingerprint density at radius 1 is 1.00 bits per heavy atom. The van der Waals surface area contributed by atoms with E-state index >= 15 is 0 Å². The zero-order valence-corrected chi connectivity index (χ0v) is 19.6. The normalized spacial score (nSPS) is 11.7. The summed E-state index contributed by atoms with van der Waals surface area (Å²) in [6, 6.07) is 12.5. The fourth-order valence-corrected chi connectivity index (χ4v) is 5.56. The van der Waals surface area contributed by atoms with Gasteiger partial charge >= 0.3 is 5.97 Å². The first-order chi connectivity index (χ1) is 14.3. The second-order valence-electron chi connectivity index (χ2n) is 7.38. The Morgan fingerprint density at radius 2 is 1.60 bits per heavy atom. The molecule has 2 aromatic rings. The number of carboxylic acids is 1. The van der Waals surface area contributed by atoms with E-state index in [1.165, 1.54) is 27.7 Å². The lowest BCUT2D eigenvalue weighted by Crippen LogP contribution is -2.33. The van der Waals surface area contributed by atoms with Crippen molar-refractivity contribution in [3.63, 3.8) is 0 Å². The van der Waals surface area contributed by atoms with Crippen LogP contribution in [0.3, 0.4) is 0 Å². The number of aryl methyl sites for hydroxylation is 1. The van der Waals surface area contributed by atoms with Crippen molar-refractivity contribution >= 4 is 27.8 Å². The van der Waals surface area contributed by atoms with Gasteiger partial charge in [-0.05, 0) is 43.5 Å². The van der Waals surface area contributed by atoms with Crippen LogP contribution < -0.4 is 0 Å². The zero-order chi connectivity index (χ0) is 22.1. The summed E-state index contributed by atoms with van der Waals surface area (Å²) in [4.78, 5) is 12.3. The number of nitrogens with zero attached hydrogens (tertiary/aromatic N) is 1. The monoisotopic (exact) mass is 449 g/mol. The van der Waals surface area contributed by atoms with Gasteiger partial charge in [-0.3, -0.25) is 0 Å². The summed E-state index contributed by atoms with van der Waals surface area (Å²) in [7, 11) is -3.76. The molecule has 0 unspecified atom stereocenters. The highest BCUT2D eigenvalue weighted by atomic mass is 32.2. The summed E-state index contributed by atoms with van der Waals surface area (Å²) in [5, 5.41) is 9.52. The molecule has 164 valence electrons. The van der Waals surface area contributed by atoms with Crippen molar-refractivity contribution in [2.24, 2.45) is 0 Å². The van der Waals surface area contributed by atoms with E-state index in [1.54, 1.807) is 12.1 Å². The number of carbonyl (C=O) groups is 1. The van der Waals surface area contributed by atoms with Crippen LogP contribution in [0.2, 0.25) is 0 Å².